The molecule has 1 aliphatic carbocycles. The Kier molecular flexibility index (Phi) is 2.04. The van der Waals surface area contributed by atoms with Crippen LogP contribution >= 0.6 is 0 Å². The van der Waals surface area contributed by atoms with Crippen molar-refractivity contribution in [3.63, 3.8) is 0 Å². The number of nitrogens with zero attached hydrogens (tertiary/aromatic N) is 2. The highest BCUT2D eigenvalue weighted by Crippen LogP contribution is 2.37. The molecule has 0 spiro atoms. The molecule has 3 nitrogen and oxygen atoms in total. The van der Waals surface area contributed by atoms with E-state index in [1.54, 1.807) is 18.6 Å². The summed E-state index contributed by atoms with van der Waals surface area (Å²) in [7, 11) is 0. The SMILES string of the molecule is NC1CC1n1cncc1-c1cccc(F)c1. The molecule has 1 aromatic carbocycles. The van der Waals surface area contributed by atoms with Crippen molar-refractivity contribution in [1.29, 1.82) is 0 Å². The molecule has 2 unspecified atom stereocenters. The van der Waals surface area contributed by atoms with Gasteiger partial charge in [0.2, 0.25) is 0 Å². The summed E-state index contributed by atoms with van der Waals surface area (Å²) in [6, 6.07) is 7.07. The van der Waals surface area contributed by atoms with Crippen LogP contribution in [0.25, 0.3) is 11.3 Å². The molecule has 2 aromatic rings. The molecule has 3 rings (SSSR count). The van der Waals surface area contributed by atoms with E-state index in [1.165, 1.54) is 12.1 Å². The third-order valence-corrected chi connectivity index (χ3v) is 2.95. The highest BCUT2D eigenvalue weighted by Gasteiger charge is 2.36. The monoisotopic (exact) mass is 217 g/mol. The number of imidazole rings is 1. The Labute approximate surface area is 92.7 Å². The molecule has 0 radical (unpaired) electrons. The summed E-state index contributed by atoms with van der Waals surface area (Å²) in [6.07, 6.45) is 4.48. The topological polar surface area (TPSA) is 43.8 Å². The normalized spacial score (nSPS) is 23.4. The maximum absolute atomic E-state index is 13.1. The number of hydrogen-bond donors (Lipinski definition) is 1. The molecule has 0 amide bonds. The third-order valence-electron chi connectivity index (χ3n) is 2.95. The third kappa shape index (κ3) is 1.51. The van der Waals surface area contributed by atoms with Crippen LogP contribution in [-0.4, -0.2) is 15.6 Å². The molecule has 4 heteroatoms. The van der Waals surface area contributed by atoms with Crippen LogP contribution in [0.5, 0.6) is 0 Å². The molecule has 82 valence electrons. The van der Waals surface area contributed by atoms with Crippen LogP contribution in [0.2, 0.25) is 0 Å². The van der Waals surface area contributed by atoms with E-state index in [0.29, 0.717) is 6.04 Å². The molecule has 16 heavy (non-hydrogen) atoms. The van der Waals surface area contributed by atoms with Crippen LogP contribution in [0, 0.1) is 5.82 Å². The summed E-state index contributed by atoms with van der Waals surface area (Å²) in [4.78, 5) is 4.11. The molecule has 2 atom stereocenters. The minimum absolute atomic E-state index is 0.210. The van der Waals surface area contributed by atoms with Crippen LogP contribution in [0.1, 0.15) is 12.5 Å². The first-order chi connectivity index (χ1) is 7.75. The van der Waals surface area contributed by atoms with Crippen molar-refractivity contribution in [3.05, 3.63) is 42.6 Å². The number of benzene rings is 1. The van der Waals surface area contributed by atoms with Crippen LogP contribution in [0.3, 0.4) is 0 Å². The standard InChI is InChI=1S/C12H12FN3/c13-9-3-1-2-8(4-9)12-6-15-7-16(12)11-5-10(11)14/h1-4,6-7,10-11H,5,14H2. The summed E-state index contributed by atoms with van der Waals surface area (Å²) >= 11 is 0. The summed E-state index contributed by atoms with van der Waals surface area (Å²) in [5, 5.41) is 0. The first-order valence-electron chi connectivity index (χ1n) is 5.29. The second-order valence-electron chi connectivity index (χ2n) is 4.16. The Bertz CT molecular complexity index is 520. The Morgan fingerprint density at radius 3 is 2.94 bits per heavy atom. The van der Waals surface area contributed by atoms with Crippen molar-refractivity contribution in [3.8, 4) is 11.3 Å². The highest BCUT2D eigenvalue weighted by atomic mass is 19.1. The minimum atomic E-state index is -0.231. The molecule has 1 heterocycles. The molecule has 1 saturated carbocycles. The van der Waals surface area contributed by atoms with Gasteiger partial charge in [0.15, 0.2) is 0 Å². The zero-order valence-electron chi connectivity index (χ0n) is 8.68. The lowest BCUT2D eigenvalue weighted by atomic mass is 10.1. The van der Waals surface area contributed by atoms with Gasteiger partial charge in [-0.1, -0.05) is 12.1 Å². The van der Waals surface area contributed by atoms with Crippen molar-refractivity contribution in [2.24, 2.45) is 5.73 Å². The fourth-order valence-corrected chi connectivity index (χ4v) is 1.96. The highest BCUT2D eigenvalue weighted by molar-refractivity contribution is 5.59. The van der Waals surface area contributed by atoms with Gasteiger partial charge in [-0.3, -0.25) is 0 Å². The van der Waals surface area contributed by atoms with Gasteiger partial charge in [0, 0.05) is 11.6 Å². The van der Waals surface area contributed by atoms with E-state index in [4.69, 9.17) is 5.73 Å². The van der Waals surface area contributed by atoms with Crippen molar-refractivity contribution in [2.45, 2.75) is 18.5 Å². The van der Waals surface area contributed by atoms with Crippen molar-refractivity contribution in [2.75, 3.05) is 0 Å². The smallest absolute Gasteiger partial charge is 0.123 e. The van der Waals surface area contributed by atoms with E-state index in [0.717, 1.165) is 17.7 Å². The second kappa shape index (κ2) is 3.42. The van der Waals surface area contributed by atoms with Gasteiger partial charge in [-0.15, -0.1) is 0 Å². The Hall–Kier alpha value is -1.68. The average Bonchev–Trinajstić information content (AvgIpc) is 2.80. The van der Waals surface area contributed by atoms with Gasteiger partial charge in [0.25, 0.3) is 0 Å². The van der Waals surface area contributed by atoms with E-state index in [9.17, 15) is 4.39 Å². The van der Waals surface area contributed by atoms with Gasteiger partial charge in [0.1, 0.15) is 5.82 Å². The number of halogens is 1. The first-order valence-corrected chi connectivity index (χ1v) is 5.29. The molecule has 1 fully saturated rings. The van der Waals surface area contributed by atoms with Crippen molar-refractivity contribution in [1.82, 2.24) is 9.55 Å². The fourth-order valence-electron chi connectivity index (χ4n) is 1.96. The van der Waals surface area contributed by atoms with Crippen molar-refractivity contribution >= 4 is 0 Å². The van der Waals surface area contributed by atoms with Gasteiger partial charge in [0.05, 0.1) is 24.3 Å². The van der Waals surface area contributed by atoms with E-state index in [1.807, 2.05) is 10.6 Å². The van der Waals surface area contributed by atoms with Gasteiger partial charge in [-0.2, -0.15) is 0 Å². The predicted octanol–water partition coefficient (Wildman–Crippen LogP) is 1.96. The van der Waals surface area contributed by atoms with E-state index in [-0.39, 0.29) is 11.9 Å². The summed E-state index contributed by atoms with van der Waals surface area (Å²) in [5.74, 6) is -0.231. The fraction of sp³-hybridized carbons (Fsp3) is 0.250. The lowest BCUT2D eigenvalue weighted by Gasteiger charge is -2.06. The van der Waals surface area contributed by atoms with Gasteiger partial charge in [-0.25, -0.2) is 9.37 Å². The summed E-state index contributed by atoms with van der Waals surface area (Å²) in [6.45, 7) is 0. The number of hydrogen-bond acceptors (Lipinski definition) is 2. The number of nitrogens with two attached hydrogens (primary N) is 1. The number of rotatable bonds is 2. The quantitative estimate of drug-likeness (QED) is 0.835. The first kappa shape index (κ1) is 9.54. The number of aromatic nitrogens is 2. The minimum Gasteiger partial charge on any atom is -0.326 e. The van der Waals surface area contributed by atoms with Crippen LogP contribution in [0.15, 0.2) is 36.8 Å². The molecule has 0 saturated heterocycles. The molecule has 0 aliphatic heterocycles. The second-order valence-corrected chi connectivity index (χ2v) is 4.16. The zero-order valence-corrected chi connectivity index (χ0v) is 8.68. The Balaban J connectivity index is 2.03. The predicted molar refractivity (Wildman–Crippen MR) is 59.3 cm³/mol. The largest absolute Gasteiger partial charge is 0.326 e. The van der Waals surface area contributed by atoms with Crippen LogP contribution in [-0.2, 0) is 0 Å². The Morgan fingerprint density at radius 2 is 2.25 bits per heavy atom. The van der Waals surface area contributed by atoms with Gasteiger partial charge in [-0.05, 0) is 18.6 Å². The summed E-state index contributed by atoms with van der Waals surface area (Å²) < 4.78 is 15.2. The molecule has 0 bridgehead atoms. The Morgan fingerprint density at radius 1 is 1.44 bits per heavy atom. The zero-order chi connectivity index (χ0) is 11.1. The maximum atomic E-state index is 13.1. The molecule has 1 aromatic heterocycles. The molecular formula is C12H12FN3. The van der Waals surface area contributed by atoms with Gasteiger partial charge >= 0.3 is 0 Å². The molecular weight excluding hydrogens is 205 g/mol. The van der Waals surface area contributed by atoms with E-state index < -0.39 is 0 Å². The van der Waals surface area contributed by atoms with Crippen molar-refractivity contribution < 1.29 is 4.39 Å². The van der Waals surface area contributed by atoms with E-state index >= 15 is 0 Å². The lowest BCUT2D eigenvalue weighted by Crippen LogP contribution is -2.06. The molecule has 2 N–H and O–H groups in total. The summed E-state index contributed by atoms with van der Waals surface area (Å²) in [5.41, 5.74) is 7.58. The van der Waals surface area contributed by atoms with Crippen LogP contribution < -0.4 is 5.73 Å². The molecule has 1 aliphatic rings. The van der Waals surface area contributed by atoms with E-state index in [2.05, 4.69) is 4.98 Å². The lowest BCUT2D eigenvalue weighted by molar-refractivity contribution is 0.628. The van der Waals surface area contributed by atoms with Crippen LogP contribution in [0.4, 0.5) is 4.39 Å². The maximum Gasteiger partial charge on any atom is 0.123 e. The average molecular weight is 217 g/mol. The van der Waals surface area contributed by atoms with Gasteiger partial charge < -0.3 is 10.3 Å².